The van der Waals surface area contributed by atoms with Crippen molar-refractivity contribution in [3.8, 4) is 0 Å². The number of rotatable bonds is 6. The molecule has 0 amide bonds. The van der Waals surface area contributed by atoms with Crippen molar-refractivity contribution >= 4 is 16.2 Å². The topological polar surface area (TPSA) is 107 Å². The van der Waals surface area contributed by atoms with E-state index in [0.717, 1.165) is 11.1 Å². The van der Waals surface area contributed by atoms with Gasteiger partial charge in [0.25, 0.3) is 10.2 Å². The lowest BCUT2D eigenvalue weighted by molar-refractivity contribution is -0.146. The summed E-state index contributed by atoms with van der Waals surface area (Å²) in [6.07, 6.45) is -1.08. The van der Waals surface area contributed by atoms with E-state index >= 15 is 0 Å². The highest BCUT2D eigenvalue weighted by Gasteiger charge is 2.26. The second kappa shape index (κ2) is 6.52. The minimum atomic E-state index is -3.67. The summed E-state index contributed by atoms with van der Waals surface area (Å²) in [7, 11) is -3.67. The Morgan fingerprint density at radius 1 is 1.33 bits per heavy atom. The molecule has 0 spiro atoms. The monoisotopic (exact) mass is 314 g/mol. The predicted molar refractivity (Wildman–Crippen MR) is 75.7 cm³/mol. The number of benzene rings is 1. The molecule has 0 saturated heterocycles. The molecule has 1 atom stereocenters. The van der Waals surface area contributed by atoms with E-state index in [9.17, 15) is 13.2 Å². The quantitative estimate of drug-likeness (QED) is 0.669. The molecule has 7 nitrogen and oxygen atoms in total. The molecule has 0 aromatic heterocycles. The number of carboxylic acids is 1. The fourth-order valence-electron chi connectivity index (χ4n) is 2.21. The molecule has 1 aliphatic heterocycles. The highest BCUT2D eigenvalue weighted by atomic mass is 32.2. The van der Waals surface area contributed by atoms with Crippen molar-refractivity contribution in [1.29, 1.82) is 0 Å². The van der Waals surface area contributed by atoms with Crippen molar-refractivity contribution in [2.75, 3.05) is 13.1 Å². The molecular formula is C13H18N2O5S. The van der Waals surface area contributed by atoms with Crippen LogP contribution in [0.4, 0.5) is 0 Å². The van der Waals surface area contributed by atoms with E-state index in [1.165, 1.54) is 4.31 Å². The number of aliphatic hydroxyl groups excluding tert-OH is 1. The number of fused-ring (bicyclic) bond motifs is 1. The molecule has 21 heavy (non-hydrogen) atoms. The van der Waals surface area contributed by atoms with Gasteiger partial charge in [-0.1, -0.05) is 24.3 Å². The van der Waals surface area contributed by atoms with Crippen LogP contribution < -0.4 is 4.72 Å². The molecule has 2 rings (SSSR count). The largest absolute Gasteiger partial charge is 0.479 e. The van der Waals surface area contributed by atoms with Gasteiger partial charge >= 0.3 is 5.97 Å². The van der Waals surface area contributed by atoms with E-state index in [4.69, 9.17) is 10.2 Å². The van der Waals surface area contributed by atoms with E-state index in [-0.39, 0.29) is 13.0 Å². The first-order valence-corrected chi connectivity index (χ1v) is 8.06. The highest BCUT2D eigenvalue weighted by molar-refractivity contribution is 7.87. The molecule has 3 N–H and O–H groups in total. The van der Waals surface area contributed by atoms with Gasteiger partial charge in [0, 0.05) is 19.6 Å². The molecule has 1 aromatic carbocycles. The number of hydrogen-bond donors (Lipinski definition) is 3. The molecule has 1 heterocycles. The molecule has 8 heteroatoms. The first-order chi connectivity index (χ1) is 9.90. The lowest BCUT2D eigenvalue weighted by atomic mass is 10.0. The lowest BCUT2D eigenvalue weighted by Gasteiger charge is -2.28. The fraction of sp³-hybridized carbons (Fsp3) is 0.462. The Morgan fingerprint density at radius 3 is 2.67 bits per heavy atom. The zero-order valence-electron chi connectivity index (χ0n) is 11.4. The fourth-order valence-corrected chi connectivity index (χ4v) is 3.41. The van der Waals surface area contributed by atoms with Crippen LogP contribution in [0.1, 0.15) is 17.5 Å². The maximum Gasteiger partial charge on any atom is 0.332 e. The summed E-state index contributed by atoms with van der Waals surface area (Å²) in [4.78, 5) is 10.5. The summed E-state index contributed by atoms with van der Waals surface area (Å²) in [5, 5.41) is 17.6. The normalized spacial score (nSPS) is 17.2. The summed E-state index contributed by atoms with van der Waals surface area (Å²) < 4.78 is 27.9. The summed E-state index contributed by atoms with van der Waals surface area (Å²) in [5.41, 5.74) is 2.12. The third-order valence-corrected chi connectivity index (χ3v) is 4.98. The Labute approximate surface area is 123 Å². The molecule has 0 aliphatic carbocycles. The van der Waals surface area contributed by atoms with E-state index in [0.29, 0.717) is 19.5 Å². The number of nitrogens with zero attached hydrogens (tertiary/aromatic N) is 1. The molecule has 116 valence electrons. The minimum absolute atomic E-state index is 0.117. The number of aliphatic carboxylic acids is 1. The second-order valence-corrected chi connectivity index (χ2v) is 6.65. The van der Waals surface area contributed by atoms with Gasteiger partial charge in [0.05, 0.1) is 0 Å². The van der Waals surface area contributed by atoms with Crippen LogP contribution in [0.5, 0.6) is 0 Å². The predicted octanol–water partition coefficient (Wildman–Crippen LogP) is -0.285. The van der Waals surface area contributed by atoms with Crippen molar-refractivity contribution in [3.63, 3.8) is 0 Å². The number of nitrogens with one attached hydrogen (secondary N) is 1. The van der Waals surface area contributed by atoms with E-state index in [2.05, 4.69) is 4.72 Å². The number of hydrogen-bond acceptors (Lipinski definition) is 4. The number of carbonyl (C=O) groups is 1. The Hall–Kier alpha value is -1.48. The van der Waals surface area contributed by atoms with Gasteiger partial charge in [0.2, 0.25) is 0 Å². The van der Waals surface area contributed by atoms with E-state index < -0.39 is 22.3 Å². The maximum absolute atomic E-state index is 12.1. The Bertz CT molecular complexity index is 617. The van der Waals surface area contributed by atoms with Crippen molar-refractivity contribution < 1.29 is 23.4 Å². The Balaban J connectivity index is 1.94. The van der Waals surface area contributed by atoms with Gasteiger partial charge in [-0.3, -0.25) is 0 Å². The van der Waals surface area contributed by atoms with Crippen LogP contribution in [0, 0.1) is 0 Å². The van der Waals surface area contributed by atoms with Crippen LogP contribution in [0.3, 0.4) is 0 Å². The molecule has 0 bridgehead atoms. The molecule has 1 aliphatic rings. The summed E-state index contributed by atoms with van der Waals surface area (Å²) in [5.74, 6) is -1.36. The SMILES string of the molecule is O=C(O)[C@@H](O)CCNS(=O)(=O)N1CCc2ccccc2C1. The highest BCUT2D eigenvalue weighted by Crippen LogP contribution is 2.20. The summed E-state index contributed by atoms with van der Waals surface area (Å²) in [6.45, 7) is 0.564. The molecule has 1 aromatic rings. The van der Waals surface area contributed by atoms with Crippen LogP contribution in [-0.2, 0) is 28.0 Å². The second-order valence-electron chi connectivity index (χ2n) is 4.89. The van der Waals surface area contributed by atoms with Crippen LogP contribution in [0.25, 0.3) is 0 Å². The average Bonchev–Trinajstić information content (AvgIpc) is 2.46. The number of aliphatic hydroxyl groups is 1. The number of carboxylic acid groups (broad SMARTS) is 1. The van der Waals surface area contributed by atoms with Gasteiger partial charge in [0.1, 0.15) is 0 Å². The van der Waals surface area contributed by atoms with Gasteiger partial charge < -0.3 is 10.2 Å². The standard InChI is InChI=1S/C13H18N2O5S/c16-12(13(17)18)5-7-14-21(19,20)15-8-6-10-3-1-2-4-11(10)9-15/h1-4,12,14,16H,5-9H2,(H,17,18)/t12-/m0/s1. The average molecular weight is 314 g/mol. The lowest BCUT2D eigenvalue weighted by Crippen LogP contribution is -2.44. The molecule has 0 saturated carbocycles. The zero-order valence-corrected chi connectivity index (χ0v) is 12.2. The molecule has 0 fully saturated rings. The van der Waals surface area contributed by atoms with Crippen molar-refractivity contribution in [2.45, 2.75) is 25.5 Å². The van der Waals surface area contributed by atoms with Gasteiger partial charge in [0.15, 0.2) is 6.10 Å². The third kappa shape index (κ3) is 4.01. The molecule has 0 radical (unpaired) electrons. The smallest absolute Gasteiger partial charge is 0.332 e. The molecular weight excluding hydrogens is 296 g/mol. The van der Waals surface area contributed by atoms with E-state index in [1.54, 1.807) is 0 Å². The van der Waals surface area contributed by atoms with Gasteiger partial charge in [-0.05, 0) is 24.0 Å². The first-order valence-electron chi connectivity index (χ1n) is 6.62. The zero-order chi connectivity index (χ0) is 15.5. The van der Waals surface area contributed by atoms with Crippen LogP contribution >= 0.6 is 0 Å². The summed E-state index contributed by atoms with van der Waals surface area (Å²) >= 11 is 0. The third-order valence-electron chi connectivity index (χ3n) is 3.42. The minimum Gasteiger partial charge on any atom is -0.479 e. The maximum atomic E-state index is 12.1. The van der Waals surface area contributed by atoms with Crippen molar-refractivity contribution in [1.82, 2.24) is 9.03 Å². The Morgan fingerprint density at radius 2 is 2.00 bits per heavy atom. The van der Waals surface area contributed by atoms with Crippen molar-refractivity contribution in [3.05, 3.63) is 35.4 Å². The van der Waals surface area contributed by atoms with Gasteiger partial charge in [-0.25, -0.2) is 9.52 Å². The van der Waals surface area contributed by atoms with Crippen LogP contribution in [0.15, 0.2) is 24.3 Å². The van der Waals surface area contributed by atoms with E-state index in [1.807, 2.05) is 24.3 Å². The molecule has 0 unspecified atom stereocenters. The Kier molecular flexibility index (Phi) is 4.94. The van der Waals surface area contributed by atoms with Gasteiger partial charge in [-0.2, -0.15) is 12.7 Å². The van der Waals surface area contributed by atoms with Crippen molar-refractivity contribution in [2.24, 2.45) is 0 Å². The summed E-state index contributed by atoms with van der Waals surface area (Å²) in [6, 6.07) is 7.67. The first kappa shape index (κ1) is 15.9. The van der Waals surface area contributed by atoms with Crippen LogP contribution in [0.2, 0.25) is 0 Å². The van der Waals surface area contributed by atoms with Crippen LogP contribution in [-0.4, -0.2) is 48.1 Å². The van der Waals surface area contributed by atoms with Gasteiger partial charge in [-0.15, -0.1) is 0 Å².